The summed E-state index contributed by atoms with van der Waals surface area (Å²) in [4.78, 5) is 32.3. The highest BCUT2D eigenvalue weighted by Crippen LogP contribution is 2.34. The van der Waals surface area contributed by atoms with E-state index in [9.17, 15) is 18.0 Å². The third-order valence-corrected chi connectivity index (χ3v) is 8.26. The molecule has 9 heteroatoms. The molecule has 0 saturated heterocycles. The quantitative estimate of drug-likeness (QED) is 0.578. The van der Waals surface area contributed by atoms with Crippen LogP contribution in [0.2, 0.25) is 0 Å². The minimum absolute atomic E-state index is 0.0824. The molecule has 0 bridgehead atoms. The van der Waals surface area contributed by atoms with Gasteiger partial charge in [-0.2, -0.15) is 0 Å². The van der Waals surface area contributed by atoms with Crippen LogP contribution in [-0.2, 0) is 35.8 Å². The first kappa shape index (κ1) is 19.4. The van der Waals surface area contributed by atoms with Crippen LogP contribution < -0.4 is 9.86 Å². The number of rotatable bonds is 4. The number of benzene rings is 1. The molecular formula is C21H21N3O4S2. The van der Waals surface area contributed by atoms with Crippen LogP contribution in [-0.4, -0.2) is 36.6 Å². The summed E-state index contributed by atoms with van der Waals surface area (Å²) in [5.74, 6) is -0.190. The van der Waals surface area contributed by atoms with Gasteiger partial charge in [-0.1, -0.05) is 0 Å². The van der Waals surface area contributed by atoms with Gasteiger partial charge in [-0.3, -0.25) is 18.5 Å². The summed E-state index contributed by atoms with van der Waals surface area (Å²) in [6, 6.07) is 5.09. The number of sulfonamides is 1. The van der Waals surface area contributed by atoms with Crippen molar-refractivity contribution < 1.29 is 13.2 Å². The van der Waals surface area contributed by atoms with E-state index in [0.717, 1.165) is 41.6 Å². The lowest BCUT2D eigenvalue weighted by atomic mass is 9.99. The van der Waals surface area contributed by atoms with Gasteiger partial charge in [0.25, 0.3) is 5.56 Å². The lowest BCUT2D eigenvalue weighted by Gasteiger charge is -2.29. The van der Waals surface area contributed by atoms with Crippen LogP contribution in [0.1, 0.15) is 39.2 Å². The number of carbonyl (C=O) groups is 1. The van der Waals surface area contributed by atoms with Gasteiger partial charge in [-0.05, 0) is 61.4 Å². The van der Waals surface area contributed by atoms with Crippen molar-refractivity contribution in [2.75, 3.05) is 17.1 Å². The Labute approximate surface area is 178 Å². The Morgan fingerprint density at radius 1 is 1.20 bits per heavy atom. The molecule has 5 rings (SSSR count). The van der Waals surface area contributed by atoms with Crippen molar-refractivity contribution in [3.05, 3.63) is 56.4 Å². The molecular weight excluding hydrogens is 422 g/mol. The predicted octanol–water partition coefficient (Wildman–Crippen LogP) is 2.54. The average molecular weight is 444 g/mol. The number of anilines is 1. The summed E-state index contributed by atoms with van der Waals surface area (Å²) in [6.07, 6.45) is 7.03. The molecule has 1 aromatic carbocycles. The molecule has 0 fully saturated rings. The van der Waals surface area contributed by atoms with Crippen LogP contribution in [0.3, 0.4) is 0 Å². The summed E-state index contributed by atoms with van der Waals surface area (Å²) >= 11 is 1.58. The number of hydrogen-bond acceptors (Lipinski definition) is 6. The number of carbonyl (C=O) groups excluding carboxylic acids is 1. The second-order valence-corrected chi connectivity index (χ2v) is 10.9. The molecule has 30 heavy (non-hydrogen) atoms. The van der Waals surface area contributed by atoms with Crippen molar-refractivity contribution in [2.24, 2.45) is 0 Å². The number of thiophene rings is 1. The molecule has 2 aromatic heterocycles. The lowest BCUT2D eigenvalue weighted by molar-refractivity contribution is 0.0970. The Kier molecular flexibility index (Phi) is 4.55. The minimum atomic E-state index is -3.35. The number of fused-ring (bicyclic) bond motifs is 4. The predicted molar refractivity (Wildman–Crippen MR) is 117 cm³/mol. The van der Waals surface area contributed by atoms with Crippen LogP contribution in [0.5, 0.6) is 0 Å². The Bertz CT molecular complexity index is 1350. The summed E-state index contributed by atoms with van der Waals surface area (Å²) in [5, 5.41) is 0.664. The first-order valence-electron chi connectivity index (χ1n) is 9.96. The SMILES string of the molecule is CS(=O)(=O)N1CCCc2cc(C(=O)Cn3cnc4sc5c(c4c3=O)CCC5)ccc21. The summed E-state index contributed by atoms with van der Waals surface area (Å²) < 4.78 is 26.8. The smallest absolute Gasteiger partial charge is 0.262 e. The maximum atomic E-state index is 13.0. The topological polar surface area (TPSA) is 89.3 Å². The third kappa shape index (κ3) is 3.16. The highest BCUT2D eigenvalue weighted by molar-refractivity contribution is 7.92. The monoisotopic (exact) mass is 443 g/mol. The fraction of sp³-hybridized carbons (Fsp3) is 0.381. The van der Waals surface area contributed by atoms with Crippen molar-refractivity contribution >= 4 is 43.0 Å². The second-order valence-electron chi connectivity index (χ2n) is 7.92. The largest absolute Gasteiger partial charge is 0.292 e. The summed E-state index contributed by atoms with van der Waals surface area (Å²) in [5.41, 5.74) is 2.90. The number of Topliss-reactive ketones (excluding diaryl/α,β-unsaturated/α-hetero) is 1. The first-order chi connectivity index (χ1) is 14.3. The normalized spacial score (nSPS) is 16.0. The number of aryl methyl sites for hydroxylation is 3. The van der Waals surface area contributed by atoms with E-state index in [2.05, 4.69) is 4.98 Å². The van der Waals surface area contributed by atoms with Crippen molar-refractivity contribution in [1.82, 2.24) is 9.55 Å². The van der Waals surface area contributed by atoms with Crippen LogP contribution >= 0.6 is 11.3 Å². The molecule has 7 nitrogen and oxygen atoms in total. The fourth-order valence-corrected chi connectivity index (χ4v) is 6.67. The molecule has 0 saturated carbocycles. The van der Waals surface area contributed by atoms with Gasteiger partial charge in [0.05, 0.1) is 30.2 Å². The van der Waals surface area contributed by atoms with Gasteiger partial charge in [0.15, 0.2) is 5.78 Å². The molecule has 1 aliphatic carbocycles. The Morgan fingerprint density at radius 2 is 2.03 bits per heavy atom. The molecule has 2 aliphatic rings. The molecule has 3 heterocycles. The maximum Gasteiger partial charge on any atom is 0.262 e. The van der Waals surface area contributed by atoms with Gasteiger partial charge in [-0.15, -0.1) is 11.3 Å². The number of hydrogen-bond donors (Lipinski definition) is 0. The van der Waals surface area contributed by atoms with E-state index in [-0.39, 0.29) is 17.9 Å². The van der Waals surface area contributed by atoms with E-state index in [4.69, 9.17) is 0 Å². The lowest BCUT2D eigenvalue weighted by Crippen LogP contribution is -2.34. The summed E-state index contributed by atoms with van der Waals surface area (Å²) in [6.45, 7) is 0.367. The van der Waals surface area contributed by atoms with Crippen LogP contribution in [0.15, 0.2) is 29.3 Å². The Hall–Kier alpha value is -2.52. The van der Waals surface area contributed by atoms with Crippen LogP contribution in [0, 0.1) is 0 Å². The Balaban J connectivity index is 1.46. The zero-order chi connectivity index (χ0) is 21.0. The molecule has 0 N–H and O–H groups in total. The molecule has 0 spiro atoms. The van der Waals surface area contributed by atoms with Crippen molar-refractivity contribution in [3.8, 4) is 0 Å². The number of aromatic nitrogens is 2. The van der Waals surface area contributed by atoms with Crippen molar-refractivity contribution in [2.45, 2.75) is 38.6 Å². The standard InChI is InChI=1S/C21H21N3O4S2/c1-30(27,28)24-9-3-4-13-10-14(7-8-16(13)24)17(25)11-23-12-22-20-19(21(23)26)15-5-2-6-18(15)29-20/h7-8,10,12H,2-6,9,11H2,1H3. The van der Waals surface area contributed by atoms with Crippen molar-refractivity contribution in [1.29, 1.82) is 0 Å². The third-order valence-electron chi connectivity index (χ3n) is 5.88. The molecule has 3 aromatic rings. The summed E-state index contributed by atoms with van der Waals surface area (Å²) in [7, 11) is -3.35. The Morgan fingerprint density at radius 3 is 2.83 bits per heavy atom. The van der Waals surface area contributed by atoms with E-state index in [1.807, 2.05) is 0 Å². The molecule has 0 radical (unpaired) electrons. The minimum Gasteiger partial charge on any atom is -0.292 e. The second kappa shape index (κ2) is 7.02. The molecule has 0 unspecified atom stereocenters. The van der Waals surface area contributed by atoms with E-state index >= 15 is 0 Å². The van der Waals surface area contributed by atoms with Gasteiger partial charge in [0.1, 0.15) is 4.83 Å². The molecule has 0 amide bonds. The highest BCUT2D eigenvalue weighted by Gasteiger charge is 2.25. The van der Waals surface area contributed by atoms with E-state index in [1.165, 1.54) is 26.3 Å². The van der Waals surface area contributed by atoms with E-state index in [1.54, 1.807) is 29.5 Å². The first-order valence-corrected chi connectivity index (χ1v) is 12.6. The van der Waals surface area contributed by atoms with Gasteiger partial charge < -0.3 is 0 Å². The van der Waals surface area contributed by atoms with E-state index < -0.39 is 10.0 Å². The van der Waals surface area contributed by atoms with Gasteiger partial charge in [-0.25, -0.2) is 13.4 Å². The maximum absolute atomic E-state index is 13.0. The van der Waals surface area contributed by atoms with Crippen LogP contribution in [0.25, 0.3) is 10.2 Å². The zero-order valence-electron chi connectivity index (χ0n) is 16.6. The molecule has 0 atom stereocenters. The van der Waals surface area contributed by atoms with Crippen LogP contribution in [0.4, 0.5) is 5.69 Å². The highest BCUT2D eigenvalue weighted by atomic mass is 32.2. The average Bonchev–Trinajstić information content (AvgIpc) is 3.29. The zero-order valence-corrected chi connectivity index (χ0v) is 18.2. The van der Waals surface area contributed by atoms with Crippen molar-refractivity contribution in [3.63, 3.8) is 0 Å². The number of nitrogens with zero attached hydrogens (tertiary/aromatic N) is 3. The number of ketones is 1. The molecule has 1 aliphatic heterocycles. The fourth-order valence-electron chi connectivity index (χ4n) is 4.46. The van der Waals surface area contributed by atoms with Gasteiger partial charge in [0.2, 0.25) is 10.0 Å². The van der Waals surface area contributed by atoms with E-state index in [0.29, 0.717) is 29.6 Å². The van der Waals surface area contributed by atoms with Gasteiger partial charge in [0, 0.05) is 17.0 Å². The molecule has 156 valence electrons. The van der Waals surface area contributed by atoms with Gasteiger partial charge >= 0.3 is 0 Å².